The summed E-state index contributed by atoms with van der Waals surface area (Å²) >= 11 is 0. The molecule has 11 nitrogen and oxygen atoms in total. The molecule has 2 N–H and O–H groups in total. The number of aliphatic hydroxyl groups excluding tert-OH is 1. The van der Waals surface area contributed by atoms with Crippen LogP contribution in [-0.4, -0.2) is 66.5 Å². The number of carbonyl (C=O) groups is 3. The van der Waals surface area contributed by atoms with Gasteiger partial charge in [0, 0.05) is 19.3 Å². The van der Waals surface area contributed by atoms with Crippen LogP contribution in [0, 0.1) is 0 Å². The third-order valence-corrected chi connectivity index (χ3v) is 14.5. The Morgan fingerprint density at radius 2 is 0.667 bits per heavy atom. The molecule has 0 aromatic carbocycles. The number of hydrogen-bond acceptors (Lipinski definition) is 10. The zero-order valence-electron chi connectivity index (χ0n) is 50.1. The lowest BCUT2D eigenvalue weighted by molar-refractivity contribution is -0.161. The Balaban J connectivity index is 4.74. The third kappa shape index (κ3) is 57.6. The molecule has 0 amide bonds. The fraction of sp³-hybridized carbons (Fsp3) is 0.773. The first-order chi connectivity index (χ1) is 38.2. The van der Waals surface area contributed by atoms with Crippen LogP contribution in [0.15, 0.2) is 72.9 Å². The normalized spacial score (nSPS) is 13.8. The monoisotopic (exact) mass is 1120 g/mol. The van der Waals surface area contributed by atoms with E-state index in [4.69, 9.17) is 23.3 Å². The van der Waals surface area contributed by atoms with Gasteiger partial charge in [-0.2, -0.15) is 0 Å². The second-order valence-corrected chi connectivity index (χ2v) is 22.6. The van der Waals surface area contributed by atoms with E-state index in [0.717, 1.165) is 109 Å². The predicted octanol–water partition coefficient (Wildman–Crippen LogP) is 19.3. The van der Waals surface area contributed by atoms with Crippen molar-refractivity contribution < 1.29 is 52.2 Å². The number of esters is 3. The van der Waals surface area contributed by atoms with Gasteiger partial charge in [-0.05, 0) is 109 Å². The minimum atomic E-state index is -4.76. The highest BCUT2D eigenvalue weighted by Gasteiger charge is 2.28. The fourth-order valence-electron chi connectivity index (χ4n) is 8.75. The fourth-order valence-corrected chi connectivity index (χ4v) is 9.53. The Hall–Kier alpha value is -3.08. The Bertz CT molecular complexity index is 1590. The molecule has 0 fully saturated rings. The highest BCUT2D eigenvalue weighted by Crippen LogP contribution is 2.43. The van der Waals surface area contributed by atoms with Crippen LogP contribution in [0.2, 0.25) is 0 Å². The van der Waals surface area contributed by atoms with Crippen molar-refractivity contribution in [2.45, 2.75) is 303 Å². The molecule has 0 rings (SSSR count). The second kappa shape index (κ2) is 60.0. The van der Waals surface area contributed by atoms with Crippen LogP contribution in [0.25, 0.3) is 0 Å². The Kier molecular flexibility index (Phi) is 57.7. The third-order valence-electron chi connectivity index (χ3n) is 13.6. The number of carbonyl (C=O) groups excluding carboxylic acids is 3. The molecular weight excluding hydrogens is 1000 g/mol. The Morgan fingerprint density at radius 1 is 0.372 bits per heavy atom. The van der Waals surface area contributed by atoms with E-state index in [9.17, 15) is 28.9 Å². The lowest BCUT2D eigenvalue weighted by atomic mass is 10.1. The van der Waals surface area contributed by atoms with Crippen LogP contribution in [0.4, 0.5) is 0 Å². The molecule has 0 aliphatic heterocycles. The summed E-state index contributed by atoms with van der Waals surface area (Å²) in [4.78, 5) is 48.7. The number of aliphatic hydroxyl groups is 1. The van der Waals surface area contributed by atoms with Crippen molar-refractivity contribution in [2.24, 2.45) is 0 Å². The van der Waals surface area contributed by atoms with Gasteiger partial charge in [-0.25, -0.2) is 4.57 Å². The van der Waals surface area contributed by atoms with Crippen LogP contribution in [0.5, 0.6) is 0 Å². The zero-order valence-corrected chi connectivity index (χ0v) is 51.0. The molecular formula is C66H117O11P. The minimum Gasteiger partial charge on any atom is -0.462 e. The van der Waals surface area contributed by atoms with Gasteiger partial charge >= 0.3 is 25.7 Å². The van der Waals surface area contributed by atoms with E-state index >= 15 is 0 Å². The molecule has 0 aliphatic carbocycles. The van der Waals surface area contributed by atoms with Gasteiger partial charge in [0.05, 0.1) is 19.8 Å². The predicted molar refractivity (Wildman–Crippen MR) is 325 cm³/mol. The smallest absolute Gasteiger partial charge is 0.462 e. The molecule has 0 spiro atoms. The zero-order chi connectivity index (χ0) is 56.9. The summed E-state index contributed by atoms with van der Waals surface area (Å²) in [7, 11) is -4.76. The number of rotatable bonds is 59. The van der Waals surface area contributed by atoms with Gasteiger partial charge in [0.15, 0.2) is 6.10 Å². The maximum absolute atomic E-state index is 13.0. The van der Waals surface area contributed by atoms with Crippen LogP contribution >= 0.6 is 7.82 Å². The van der Waals surface area contributed by atoms with E-state index in [1.807, 2.05) is 0 Å². The summed E-state index contributed by atoms with van der Waals surface area (Å²) < 4.78 is 39.6. The van der Waals surface area contributed by atoms with E-state index in [2.05, 4.69) is 93.7 Å². The SMILES string of the molecule is CC/C=C\C/C=C\C/C=C\C/C=C\CCCCCCC(=O)OCC(COP(=O)(O)OCC(CO)OC(=O)CCCCCCC/C=C\CCCCCCCC)OC(=O)CCCCCCCCCCC/C=C\CCCCCCCC. The second-order valence-electron chi connectivity index (χ2n) is 21.2. The summed E-state index contributed by atoms with van der Waals surface area (Å²) in [5.41, 5.74) is 0. The number of allylic oxidation sites excluding steroid dienone is 12. The van der Waals surface area contributed by atoms with Crippen molar-refractivity contribution in [3.05, 3.63) is 72.9 Å². The summed E-state index contributed by atoms with van der Waals surface area (Å²) in [6.07, 6.45) is 68.5. The van der Waals surface area contributed by atoms with Gasteiger partial charge in [0.25, 0.3) is 0 Å². The molecule has 0 radical (unpaired) electrons. The maximum Gasteiger partial charge on any atom is 0.472 e. The molecule has 3 unspecified atom stereocenters. The average Bonchev–Trinajstić information content (AvgIpc) is 3.43. The van der Waals surface area contributed by atoms with Gasteiger partial charge in [0.2, 0.25) is 0 Å². The van der Waals surface area contributed by atoms with Gasteiger partial charge in [0.1, 0.15) is 12.7 Å². The highest BCUT2D eigenvalue weighted by atomic mass is 31.2. The first-order valence-corrected chi connectivity index (χ1v) is 33.3. The number of phosphoric ester groups is 1. The van der Waals surface area contributed by atoms with Crippen molar-refractivity contribution >= 4 is 25.7 Å². The van der Waals surface area contributed by atoms with E-state index in [-0.39, 0.29) is 25.9 Å². The summed E-state index contributed by atoms with van der Waals surface area (Å²) in [5, 5.41) is 9.84. The molecule has 0 aromatic rings. The summed E-state index contributed by atoms with van der Waals surface area (Å²) in [6.45, 7) is 4.52. The van der Waals surface area contributed by atoms with Gasteiger partial charge in [-0.15, -0.1) is 0 Å². The van der Waals surface area contributed by atoms with E-state index in [0.29, 0.717) is 19.3 Å². The first kappa shape index (κ1) is 74.9. The minimum absolute atomic E-state index is 0.158. The van der Waals surface area contributed by atoms with Crippen molar-refractivity contribution in [3.63, 3.8) is 0 Å². The van der Waals surface area contributed by atoms with Crippen LogP contribution in [0.3, 0.4) is 0 Å². The standard InChI is InChI=1S/C66H117O11P/c1-4-7-10-13-16-19-22-25-28-30-31-33-36-39-42-45-48-51-54-57-66(70)77-63(59-73-64(68)55-52-49-46-43-40-37-35-32-29-26-23-20-17-14-11-8-5-2)61-75-78(71,72)74-60-62(58-67)76-65(69)56-53-50-47-44-41-38-34-27-24-21-18-15-12-9-6-3/h8,11,17,20,25-29,34-35,37,62-63,67H,4-7,9-10,12-16,18-19,21-24,30-33,36,38-61H2,1-3H3,(H,71,72)/b11-8-,20-17-,28-25-,29-26-,34-27-,37-35-. The van der Waals surface area contributed by atoms with Crippen LogP contribution in [0.1, 0.15) is 290 Å². The van der Waals surface area contributed by atoms with Crippen LogP contribution < -0.4 is 0 Å². The van der Waals surface area contributed by atoms with Gasteiger partial charge < -0.3 is 24.2 Å². The average molecular weight is 1120 g/mol. The van der Waals surface area contributed by atoms with E-state index < -0.39 is 57.8 Å². The molecule has 0 saturated carbocycles. The van der Waals surface area contributed by atoms with Crippen molar-refractivity contribution in [3.8, 4) is 0 Å². The number of unbranched alkanes of at least 4 members (excludes halogenated alkanes) is 30. The number of phosphoric acid groups is 1. The Labute approximate surface area is 478 Å². The lowest BCUT2D eigenvalue weighted by Gasteiger charge is -2.21. The summed E-state index contributed by atoms with van der Waals surface area (Å²) in [6, 6.07) is 0. The number of hydrogen-bond donors (Lipinski definition) is 2. The summed E-state index contributed by atoms with van der Waals surface area (Å²) in [5.74, 6) is -1.49. The molecule has 3 atom stereocenters. The van der Waals surface area contributed by atoms with Crippen molar-refractivity contribution in [1.82, 2.24) is 0 Å². The number of ether oxygens (including phenoxy) is 3. The maximum atomic E-state index is 13.0. The molecule has 0 bridgehead atoms. The molecule has 12 heteroatoms. The van der Waals surface area contributed by atoms with Crippen molar-refractivity contribution in [2.75, 3.05) is 26.4 Å². The highest BCUT2D eigenvalue weighted by molar-refractivity contribution is 7.47. The molecule has 78 heavy (non-hydrogen) atoms. The Morgan fingerprint density at radius 3 is 1.04 bits per heavy atom. The lowest BCUT2D eigenvalue weighted by Crippen LogP contribution is -2.30. The van der Waals surface area contributed by atoms with Gasteiger partial charge in [-0.1, -0.05) is 235 Å². The van der Waals surface area contributed by atoms with Gasteiger partial charge in [-0.3, -0.25) is 23.4 Å². The molecule has 0 aliphatic rings. The van der Waals surface area contributed by atoms with Crippen LogP contribution in [-0.2, 0) is 42.2 Å². The van der Waals surface area contributed by atoms with Crippen molar-refractivity contribution in [1.29, 1.82) is 0 Å². The van der Waals surface area contributed by atoms with E-state index in [1.165, 1.54) is 122 Å². The quantitative estimate of drug-likeness (QED) is 0.0197. The first-order valence-electron chi connectivity index (χ1n) is 31.8. The topological polar surface area (TPSA) is 155 Å². The molecule has 0 aromatic heterocycles. The van der Waals surface area contributed by atoms with E-state index in [1.54, 1.807) is 0 Å². The molecule has 0 saturated heterocycles. The molecule has 452 valence electrons. The largest absolute Gasteiger partial charge is 0.472 e. The molecule has 0 heterocycles.